The van der Waals surface area contributed by atoms with Crippen LogP contribution in [-0.2, 0) is 28.5 Å². The van der Waals surface area contributed by atoms with E-state index in [2.05, 4.69) is 23.4 Å². The fraction of sp³-hybridized carbons (Fsp3) is 0.372. The number of nitrogens with one attached hydrogen (secondary N) is 1. The van der Waals surface area contributed by atoms with Crippen LogP contribution in [0.5, 0.6) is 23.0 Å². The highest BCUT2D eigenvalue weighted by atomic mass is 35.5. The Morgan fingerprint density at radius 1 is 1.15 bits per heavy atom. The number of likely N-dealkylation sites (N-methyl/N-ethyl adjacent to an activating group) is 1. The van der Waals surface area contributed by atoms with Gasteiger partial charge in [-0.25, -0.2) is 4.79 Å². The number of benzene rings is 2. The number of aromatic hydroxyl groups is 1. The molecule has 1 saturated carbocycles. The minimum atomic E-state index is -1.61. The van der Waals surface area contributed by atoms with Gasteiger partial charge in [-0.3, -0.25) is 9.59 Å². The van der Waals surface area contributed by atoms with E-state index in [0.717, 1.165) is 0 Å². The average molecular weight is 844 g/mol. The summed E-state index contributed by atoms with van der Waals surface area (Å²) in [6, 6.07) is 3.99. The largest absolute Gasteiger partial charge is 0.504 e. The van der Waals surface area contributed by atoms with Crippen LogP contribution in [0.1, 0.15) is 42.2 Å². The van der Waals surface area contributed by atoms with Crippen molar-refractivity contribution in [2.45, 2.75) is 74.3 Å². The van der Waals surface area contributed by atoms with Crippen LogP contribution >= 0.6 is 11.6 Å². The molecule has 0 aromatic heterocycles. The number of phenols is 1. The molecule has 2 aromatic rings. The molecular weight excluding hydrogens is 802 g/mol. The Bertz CT molecular complexity index is 2420. The first-order chi connectivity index (χ1) is 28.4. The molecule has 314 valence electrons. The first-order valence-electron chi connectivity index (χ1n) is 18.9. The van der Waals surface area contributed by atoms with Crippen molar-refractivity contribution >= 4 is 35.1 Å². The quantitative estimate of drug-likeness (QED) is 0.160. The highest BCUT2D eigenvalue weighted by molar-refractivity contribution is 6.32. The Morgan fingerprint density at radius 2 is 1.92 bits per heavy atom. The molecule has 60 heavy (non-hydrogen) atoms. The van der Waals surface area contributed by atoms with Crippen LogP contribution in [-0.4, -0.2) is 114 Å². The molecule has 16 nitrogen and oxygen atoms in total. The number of esters is 2. The number of anilines is 1. The molecule has 17 heteroatoms. The Hall–Kier alpha value is -5.64. The second-order valence-electron chi connectivity index (χ2n) is 15.8. The van der Waals surface area contributed by atoms with E-state index in [-0.39, 0.29) is 57.0 Å². The van der Waals surface area contributed by atoms with Crippen LogP contribution in [0.15, 0.2) is 94.7 Å². The number of halogens is 1. The maximum atomic E-state index is 14.1. The van der Waals surface area contributed by atoms with Crippen molar-refractivity contribution in [3.63, 3.8) is 0 Å². The molecule has 6 heterocycles. The van der Waals surface area contributed by atoms with Crippen LogP contribution < -0.4 is 25.3 Å². The van der Waals surface area contributed by atoms with E-state index in [1.165, 1.54) is 37.5 Å². The number of phenolic OH excluding ortho intramolecular Hbond substituents is 1. The van der Waals surface area contributed by atoms with Gasteiger partial charge in [-0.05, 0) is 63.9 Å². The molecule has 2 fully saturated rings. The number of carbonyl (C=O) groups excluding carboxylic acids is 3. The topological polar surface area (TPSA) is 218 Å². The number of aliphatic hydroxyl groups is 2. The number of fused-ring (bicyclic) bond motifs is 2. The summed E-state index contributed by atoms with van der Waals surface area (Å²) in [4.78, 5) is 41.7. The Labute approximate surface area is 349 Å². The number of aliphatic hydroxyl groups excluding tert-OH is 2. The number of hydrogen-bond donors (Lipinski definition) is 5. The number of methoxy groups -OCH3 is 1. The number of nitrogens with zero attached hydrogens (tertiary/aromatic N) is 1. The Morgan fingerprint density at radius 3 is 2.63 bits per heavy atom. The third-order valence-corrected chi connectivity index (χ3v) is 11.4. The van der Waals surface area contributed by atoms with E-state index < -0.39 is 78.4 Å². The summed E-state index contributed by atoms with van der Waals surface area (Å²) >= 11 is 6.75. The van der Waals surface area contributed by atoms with Gasteiger partial charge in [-0.15, -0.1) is 11.5 Å². The maximum absolute atomic E-state index is 14.1. The minimum Gasteiger partial charge on any atom is -0.504 e. The fourth-order valence-electron chi connectivity index (χ4n) is 8.41. The first-order valence-corrected chi connectivity index (χ1v) is 19.3. The molecule has 8 atom stereocenters. The van der Waals surface area contributed by atoms with Crippen LogP contribution in [0, 0.1) is 0 Å². The molecule has 1 saturated heterocycles. The average Bonchev–Trinajstić information content (AvgIpc) is 3.70. The molecule has 2 aromatic carbocycles. The summed E-state index contributed by atoms with van der Waals surface area (Å²) in [6.07, 6.45) is -0.524. The molecule has 0 spiro atoms. The van der Waals surface area contributed by atoms with Crippen molar-refractivity contribution in [1.82, 2.24) is 4.90 Å². The van der Waals surface area contributed by atoms with Crippen LogP contribution in [0.2, 0.25) is 5.02 Å². The van der Waals surface area contributed by atoms with E-state index in [9.17, 15) is 29.7 Å². The van der Waals surface area contributed by atoms with Gasteiger partial charge < -0.3 is 64.4 Å². The smallest absolute Gasteiger partial charge is 0.341 e. The lowest BCUT2D eigenvalue weighted by atomic mass is 9.86. The predicted octanol–water partition coefficient (Wildman–Crippen LogP) is 3.42. The molecule has 6 N–H and O–H groups in total. The lowest BCUT2D eigenvalue weighted by Gasteiger charge is -2.51. The van der Waals surface area contributed by atoms with Crippen molar-refractivity contribution in [2.24, 2.45) is 5.73 Å². The van der Waals surface area contributed by atoms with Gasteiger partial charge in [-0.1, -0.05) is 30.3 Å². The molecule has 3 aliphatic carbocycles. The van der Waals surface area contributed by atoms with Gasteiger partial charge in [0.2, 0.25) is 0 Å². The lowest BCUT2D eigenvalue weighted by Crippen LogP contribution is -2.68. The van der Waals surface area contributed by atoms with Crippen LogP contribution in [0.25, 0.3) is 0 Å². The summed E-state index contributed by atoms with van der Waals surface area (Å²) in [7, 11) is 4.92. The van der Waals surface area contributed by atoms with Gasteiger partial charge in [-0.2, -0.15) is 0 Å². The number of rotatable bonds is 6. The number of carbonyl (C=O) groups is 3. The first kappa shape index (κ1) is 41.1. The monoisotopic (exact) mass is 843 g/mol. The normalized spacial score (nSPS) is 30.0. The zero-order valence-electron chi connectivity index (χ0n) is 33.1. The third-order valence-electron chi connectivity index (χ3n) is 11.2. The summed E-state index contributed by atoms with van der Waals surface area (Å²) in [6.45, 7) is 6.62. The van der Waals surface area contributed by atoms with Gasteiger partial charge in [0.15, 0.2) is 47.1 Å². The molecule has 6 aliphatic heterocycles. The molecule has 9 aliphatic rings. The van der Waals surface area contributed by atoms with Crippen LogP contribution in [0.4, 0.5) is 5.69 Å². The molecule has 0 radical (unpaired) electrons. The number of nitrogens with two attached hydrogens (primary N) is 1. The van der Waals surface area contributed by atoms with Crippen molar-refractivity contribution < 1.29 is 62.9 Å². The standard InChI is InChI=1S/C43H42ClN3O13/c1-19-39(52)46-33-25(15-22(54-6)16-30(33)56-19)40(53)57-31-18-55-32(49)17-28(45)21-13-27(44)36(29(48)14-21)58-38-23-10-9-20(31)12-24(23)26-8-7-11-43(26,38)60-41-35(51)34(50)37(47(4)5)42(2,3)59-41/h7-9,11,13-16,28,31,34-35,37-38,41,48,50-51H,1,17-18,45H2,2-6H3,(H,46,52)/t28-,31-,34-,35+,37-,38+,41-,43+/m0/s1. The van der Waals surface area contributed by atoms with E-state index in [1.807, 2.05) is 0 Å². The van der Waals surface area contributed by atoms with Gasteiger partial charge >= 0.3 is 11.9 Å². The van der Waals surface area contributed by atoms with Crippen molar-refractivity contribution in [2.75, 3.05) is 33.1 Å². The summed E-state index contributed by atoms with van der Waals surface area (Å²) in [5.74, 6) is -2.83. The second-order valence-corrected chi connectivity index (χ2v) is 16.2. The van der Waals surface area contributed by atoms with Crippen molar-refractivity contribution in [3.05, 3.63) is 111 Å². The Balaban J connectivity index is 1.25. The molecule has 6 bridgehead atoms. The zero-order chi connectivity index (χ0) is 43.0. The van der Waals surface area contributed by atoms with E-state index in [4.69, 9.17) is 50.5 Å². The Kier molecular flexibility index (Phi) is 10.4. The van der Waals surface area contributed by atoms with Gasteiger partial charge in [0.25, 0.3) is 5.91 Å². The van der Waals surface area contributed by atoms with Gasteiger partial charge in [0, 0.05) is 28.8 Å². The highest BCUT2D eigenvalue weighted by Gasteiger charge is 2.60. The van der Waals surface area contributed by atoms with Crippen LogP contribution in [0.3, 0.4) is 0 Å². The SMILES string of the molecule is C=C1Oc2cc(OC)cc(C(=O)O[C@H]3COC(=O)C[C@H](N)c4cc(O)c(c(Cl)c4)O[C@@H]4C5=C=CC3=C=C5C3=CC=C[C@@]34O[C@@H]3OC(C)(C)[C@@H](N(C)C)[C@@H](O)[C@H]3O)c2NC1=O. The number of allylic oxidation sites excluding steroid dienone is 2. The minimum absolute atomic E-state index is 0.00731. The molecule has 0 unspecified atom stereocenters. The number of hydrogen-bond acceptors (Lipinski definition) is 15. The summed E-state index contributed by atoms with van der Waals surface area (Å²) < 4.78 is 42.4. The van der Waals surface area contributed by atoms with Crippen molar-refractivity contribution in [3.8, 4) is 23.0 Å². The van der Waals surface area contributed by atoms with E-state index in [0.29, 0.717) is 22.3 Å². The lowest BCUT2D eigenvalue weighted by molar-refractivity contribution is -0.329. The molecule has 1 amide bonds. The highest BCUT2D eigenvalue weighted by Crippen LogP contribution is 2.54. The predicted molar refractivity (Wildman–Crippen MR) is 212 cm³/mol. The van der Waals surface area contributed by atoms with Gasteiger partial charge in [0.1, 0.15) is 24.6 Å². The van der Waals surface area contributed by atoms with E-state index in [1.54, 1.807) is 51.1 Å². The number of amides is 1. The maximum Gasteiger partial charge on any atom is 0.341 e. The van der Waals surface area contributed by atoms with Gasteiger partial charge in [0.05, 0.1) is 47.0 Å². The van der Waals surface area contributed by atoms with Crippen molar-refractivity contribution in [1.29, 1.82) is 0 Å². The molecule has 11 rings (SSSR count). The second kappa shape index (κ2) is 15.1. The third kappa shape index (κ3) is 6.91. The summed E-state index contributed by atoms with van der Waals surface area (Å²) in [5.41, 5.74) is 11.8. The molecular formula is C43H42ClN3O13. The fourth-order valence-corrected chi connectivity index (χ4v) is 8.68. The zero-order valence-corrected chi connectivity index (χ0v) is 33.9. The summed E-state index contributed by atoms with van der Waals surface area (Å²) in [5, 5.41) is 36.8. The number of ether oxygens (including phenoxy) is 7. The van der Waals surface area contributed by atoms with E-state index >= 15 is 0 Å².